The Kier molecular flexibility index (Phi) is 6.61. The van der Waals surface area contributed by atoms with E-state index in [1.165, 1.54) is 84.7 Å². The summed E-state index contributed by atoms with van der Waals surface area (Å²) in [5.74, 6) is 0. The molecule has 0 fully saturated rings. The number of hydrogen-bond donors (Lipinski definition) is 0. The minimum atomic E-state index is 1.14. The molecule has 0 N–H and O–H groups in total. The van der Waals surface area contributed by atoms with Crippen molar-refractivity contribution in [2.45, 2.75) is 0 Å². The summed E-state index contributed by atoms with van der Waals surface area (Å²) in [5, 5.41) is 7.71. The summed E-state index contributed by atoms with van der Waals surface area (Å²) in [6, 6.07) is 64.3. The molecular weight excluding hydrogens is 631 g/mol. The van der Waals surface area contributed by atoms with Crippen LogP contribution in [0.1, 0.15) is 0 Å². The average molecular weight is 660 g/mol. The van der Waals surface area contributed by atoms with Crippen LogP contribution < -0.4 is 4.90 Å². The first kappa shape index (κ1) is 28.3. The molecule has 2 heterocycles. The Morgan fingerprint density at radius 1 is 0.347 bits per heavy atom. The second kappa shape index (κ2) is 11.5. The Morgan fingerprint density at radius 2 is 0.939 bits per heavy atom. The van der Waals surface area contributed by atoms with Crippen LogP contribution in [-0.4, -0.2) is 0 Å². The average Bonchev–Trinajstić information content (AvgIpc) is 3.75. The highest BCUT2D eigenvalue weighted by Gasteiger charge is 2.22. The lowest BCUT2D eigenvalue weighted by Crippen LogP contribution is -2.10. The lowest BCUT2D eigenvalue weighted by atomic mass is 9.98. The van der Waals surface area contributed by atoms with Crippen molar-refractivity contribution in [3.05, 3.63) is 176 Å². The van der Waals surface area contributed by atoms with Gasteiger partial charge in [0.25, 0.3) is 0 Å². The van der Waals surface area contributed by atoms with Gasteiger partial charge in [-0.3, -0.25) is 0 Å². The Balaban J connectivity index is 1.23. The fourth-order valence-electron chi connectivity index (χ4n) is 7.44. The van der Waals surface area contributed by atoms with Crippen LogP contribution in [0.5, 0.6) is 0 Å². The van der Waals surface area contributed by atoms with Gasteiger partial charge in [-0.2, -0.15) is 0 Å². The number of nitrogens with zero attached hydrogens (tertiary/aromatic N) is 1. The Labute approximate surface area is 292 Å². The van der Waals surface area contributed by atoms with E-state index in [-0.39, 0.29) is 0 Å². The molecule has 2 aromatic heterocycles. The second-order valence-corrected chi connectivity index (χ2v) is 14.6. The molecule has 3 heteroatoms. The van der Waals surface area contributed by atoms with Gasteiger partial charge in [-0.1, -0.05) is 140 Å². The smallest absolute Gasteiger partial charge is 0.0640 e. The molecule has 0 aliphatic rings. The maximum atomic E-state index is 2.49. The maximum Gasteiger partial charge on any atom is 0.0640 e. The summed E-state index contributed by atoms with van der Waals surface area (Å²) >= 11 is 3.77. The van der Waals surface area contributed by atoms with Crippen LogP contribution in [0.3, 0.4) is 0 Å². The van der Waals surface area contributed by atoms with Crippen molar-refractivity contribution in [1.82, 2.24) is 0 Å². The Morgan fingerprint density at radius 3 is 1.82 bits per heavy atom. The van der Waals surface area contributed by atoms with Crippen molar-refractivity contribution >= 4 is 90.9 Å². The van der Waals surface area contributed by atoms with Crippen LogP contribution >= 0.6 is 22.7 Å². The van der Waals surface area contributed by atoms with Crippen molar-refractivity contribution in [3.63, 3.8) is 0 Å². The molecule has 0 aliphatic carbocycles. The van der Waals surface area contributed by atoms with E-state index in [4.69, 9.17) is 0 Å². The largest absolute Gasteiger partial charge is 0.308 e. The standard InChI is InChI=1S/C46H29NS2/c1-2-12-31(13-3-1)36-19-9-20-37-38-21-10-23-41(46(38)49-45(36)37)47(40-22-11-25-43-44(40)39-17-6-7-24-42(39)48-43)33-28-26-32(27-29-33)35-18-8-15-30-14-4-5-16-34(30)35/h1-29H. The molecular formula is C46H29NS2. The molecule has 0 spiro atoms. The summed E-state index contributed by atoms with van der Waals surface area (Å²) < 4.78 is 5.21. The molecule has 0 amide bonds. The summed E-state index contributed by atoms with van der Waals surface area (Å²) in [4.78, 5) is 2.49. The van der Waals surface area contributed by atoms with E-state index < -0.39 is 0 Å². The minimum absolute atomic E-state index is 1.14. The summed E-state index contributed by atoms with van der Waals surface area (Å²) in [6.07, 6.45) is 0. The van der Waals surface area contributed by atoms with Crippen LogP contribution in [0.4, 0.5) is 17.1 Å². The van der Waals surface area contributed by atoms with Crippen LogP contribution in [0.25, 0.3) is 73.4 Å². The molecule has 0 saturated heterocycles. The molecule has 0 radical (unpaired) electrons. The summed E-state index contributed by atoms with van der Waals surface area (Å²) in [7, 11) is 0. The first-order chi connectivity index (χ1) is 24.3. The number of anilines is 3. The predicted octanol–water partition coefficient (Wildman–Crippen LogP) is 14.4. The van der Waals surface area contributed by atoms with Gasteiger partial charge in [-0.25, -0.2) is 0 Å². The van der Waals surface area contributed by atoms with Gasteiger partial charge in [0.15, 0.2) is 0 Å². The van der Waals surface area contributed by atoms with Crippen molar-refractivity contribution in [1.29, 1.82) is 0 Å². The lowest BCUT2D eigenvalue weighted by Gasteiger charge is -2.27. The van der Waals surface area contributed by atoms with E-state index in [1.807, 2.05) is 22.7 Å². The molecule has 0 saturated carbocycles. The number of hydrogen-bond acceptors (Lipinski definition) is 3. The Bertz CT molecular complexity index is 2820. The van der Waals surface area contributed by atoms with Crippen LogP contribution in [-0.2, 0) is 0 Å². The molecule has 10 aromatic rings. The van der Waals surface area contributed by atoms with Gasteiger partial charge in [-0.15, -0.1) is 22.7 Å². The normalized spacial score (nSPS) is 11.7. The van der Waals surface area contributed by atoms with Crippen molar-refractivity contribution in [2.24, 2.45) is 0 Å². The third kappa shape index (κ3) is 4.58. The fourth-order valence-corrected chi connectivity index (χ4v) is 9.91. The van der Waals surface area contributed by atoms with E-state index >= 15 is 0 Å². The zero-order valence-electron chi connectivity index (χ0n) is 26.5. The fraction of sp³-hybridized carbons (Fsp3) is 0. The van der Waals surface area contributed by atoms with E-state index in [0.29, 0.717) is 0 Å². The van der Waals surface area contributed by atoms with Gasteiger partial charge in [0.2, 0.25) is 0 Å². The molecule has 49 heavy (non-hydrogen) atoms. The quantitative estimate of drug-likeness (QED) is 0.178. The second-order valence-electron chi connectivity index (χ2n) is 12.5. The number of fused-ring (bicyclic) bond motifs is 7. The third-order valence-corrected chi connectivity index (χ3v) is 12.1. The molecule has 0 bridgehead atoms. The third-order valence-electron chi connectivity index (χ3n) is 9.68. The first-order valence-corrected chi connectivity index (χ1v) is 18.2. The molecule has 10 rings (SSSR count). The number of rotatable bonds is 5. The van der Waals surface area contributed by atoms with Gasteiger partial charge in [0, 0.05) is 41.3 Å². The monoisotopic (exact) mass is 659 g/mol. The van der Waals surface area contributed by atoms with E-state index in [1.54, 1.807) is 0 Å². The topological polar surface area (TPSA) is 3.24 Å². The van der Waals surface area contributed by atoms with Crippen LogP contribution in [0.15, 0.2) is 176 Å². The highest BCUT2D eigenvalue weighted by Crippen LogP contribution is 2.50. The van der Waals surface area contributed by atoms with Crippen molar-refractivity contribution in [3.8, 4) is 22.3 Å². The van der Waals surface area contributed by atoms with Gasteiger partial charge in [-0.05, 0) is 69.4 Å². The highest BCUT2D eigenvalue weighted by molar-refractivity contribution is 7.27. The molecule has 230 valence electrons. The van der Waals surface area contributed by atoms with Gasteiger partial charge < -0.3 is 4.90 Å². The Hall–Kier alpha value is -5.74. The highest BCUT2D eigenvalue weighted by atomic mass is 32.1. The predicted molar refractivity (Wildman–Crippen MR) is 215 cm³/mol. The summed E-state index contributed by atoms with van der Waals surface area (Å²) in [6.45, 7) is 0. The van der Waals surface area contributed by atoms with Gasteiger partial charge >= 0.3 is 0 Å². The van der Waals surface area contributed by atoms with Crippen LogP contribution in [0, 0.1) is 0 Å². The van der Waals surface area contributed by atoms with Crippen molar-refractivity contribution < 1.29 is 0 Å². The van der Waals surface area contributed by atoms with Crippen LogP contribution in [0.2, 0.25) is 0 Å². The van der Waals surface area contributed by atoms with E-state index in [2.05, 4.69) is 181 Å². The SMILES string of the molecule is c1ccc(-c2cccc3c2sc2c(N(c4ccc(-c5cccc6ccccc56)cc4)c4cccc5sc6ccccc6c45)cccc23)cc1. The zero-order valence-corrected chi connectivity index (χ0v) is 28.1. The summed E-state index contributed by atoms with van der Waals surface area (Å²) in [5.41, 5.74) is 8.52. The molecule has 8 aromatic carbocycles. The molecule has 1 nitrogen and oxygen atoms in total. The van der Waals surface area contributed by atoms with E-state index in [0.717, 1.165) is 5.69 Å². The lowest BCUT2D eigenvalue weighted by molar-refractivity contribution is 1.32. The van der Waals surface area contributed by atoms with Crippen molar-refractivity contribution in [2.75, 3.05) is 4.90 Å². The first-order valence-electron chi connectivity index (χ1n) is 16.6. The molecule has 0 aliphatic heterocycles. The molecule has 0 unspecified atom stereocenters. The maximum absolute atomic E-state index is 2.49. The zero-order chi connectivity index (χ0) is 32.3. The minimum Gasteiger partial charge on any atom is -0.308 e. The van der Waals surface area contributed by atoms with Gasteiger partial charge in [0.1, 0.15) is 0 Å². The number of benzene rings is 8. The van der Waals surface area contributed by atoms with Gasteiger partial charge in [0.05, 0.1) is 16.1 Å². The number of thiophene rings is 2. The van der Waals surface area contributed by atoms with E-state index in [9.17, 15) is 0 Å². The molecule has 0 atom stereocenters.